The molecule has 0 atom stereocenters. The van der Waals surface area contributed by atoms with Crippen molar-refractivity contribution in [2.75, 3.05) is 18.6 Å². The summed E-state index contributed by atoms with van der Waals surface area (Å²) in [5, 5.41) is 0. The molecule has 5 nitrogen and oxygen atoms in total. The number of benzene rings is 1. The lowest BCUT2D eigenvalue weighted by Gasteiger charge is -2.30. The molecule has 0 fully saturated rings. The van der Waals surface area contributed by atoms with Crippen molar-refractivity contribution in [2.24, 2.45) is 0 Å². The maximum absolute atomic E-state index is 11.6. The Balaban J connectivity index is 1.88. The molecule has 0 amide bonds. The molecule has 2 aromatic rings. The number of esters is 1. The number of rotatable bonds is 2. The van der Waals surface area contributed by atoms with Crippen molar-refractivity contribution in [2.45, 2.75) is 13.0 Å². The molecule has 0 saturated heterocycles. The normalized spacial score (nSPS) is 13.8. The van der Waals surface area contributed by atoms with Gasteiger partial charge in [0.1, 0.15) is 6.33 Å². The number of ether oxygens (including phenoxy) is 1. The summed E-state index contributed by atoms with van der Waals surface area (Å²) in [7, 11) is 1.40. The molecule has 20 heavy (non-hydrogen) atoms. The van der Waals surface area contributed by atoms with Crippen LogP contribution in [-0.2, 0) is 17.7 Å². The molecule has 1 aromatic carbocycles. The fourth-order valence-corrected chi connectivity index (χ4v) is 2.48. The van der Waals surface area contributed by atoms with E-state index in [1.54, 1.807) is 0 Å². The van der Waals surface area contributed by atoms with Crippen molar-refractivity contribution in [3.8, 4) is 0 Å². The van der Waals surface area contributed by atoms with Gasteiger partial charge in [-0.25, -0.2) is 14.8 Å². The molecule has 1 aliphatic heterocycles. The topological polar surface area (TPSA) is 55.3 Å². The van der Waals surface area contributed by atoms with Crippen LogP contribution in [0.5, 0.6) is 0 Å². The number of hydrogen-bond acceptors (Lipinski definition) is 5. The fraction of sp³-hybridized carbons (Fsp3) is 0.267. The van der Waals surface area contributed by atoms with Gasteiger partial charge in [-0.3, -0.25) is 0 Å². The molecule has 102 valence electrons. The van der Waals surface area contributed by atoms with E-state index in [1.807, 2.05) is 30.6 Å². The first-order valence-electron chi connectivity index (χ1n) is 6.48. The van der Waals surface area contributed by atoms with Crippen LogP contribution in [0, 0.1) is 0 Å². The van der Waals surface area contributed by atoms with Crippen LogP contribution in [0.25, 0.3) is 0 Å². The minimum atomic E-state index is -0.298. The average molecular weight is 269 g/mol. The van der Waals surface area contributed by atoms with Crippen LogP contribution in [-0.4, -0.2) is 29.6 Å². The third-order valence-electron chi connectivity index (χ3n) is 3.55. The van der Waals surface area contributed by atoms with E-state index in [9.17, 15) is 4.79 Å². The predicted octanol–water partition coefficient (Wildman–Crippen LogP) is 1.83. The second kappa shape index (κ2) is 5.28. The highest BCUT2D eigenvalue weighted by atomic mass is 16.5. The quantitative estimate of drug-likeness (QED) is 0.778. The highest BCUT2D eigenvalue weighted by Crippen LogP contribution is 2.24. The van der Waals surface area contributed by atoms with Gasteiger partial charge in [-0.1, -0.05) is 6.07 Å². The Morgan fingerprint density at radius 2 is 2.05 bits per heavy atom. The Bertz CT molecular complexity index is 628. The zero-order chi connectivity index (χ0) is 13.9. The Kier molecular flexibility index (Phi) is 3.33. The van der Waals surface area contributed by atoms with Crippen molar-refractivity contribution >= 4 is 11.7 Å². The molecule has 5 heteroatoms. The number of anilines is 1. The average Bonchev–Trinajstić information content (AvgIpc) is 2.54. The number of carbonyl (C=O) groups excluding carboxylic acids is 1. The van der Waals surface area contributed by atoms with Crippen LogP contribution in [0.15, 0.2) is 36.9 Å². The summed E-state index contributed by atoms with van der Waals surface area (Å²) in [6.07, 6.45) is 6.09. The summed E-state index contributed by atoms with van der Waals surface area (Å²) < 4.78 is 4.77. The molecule has 3 rings (SSSR count). The number of methoxy groups -OCH3 is 1. The first-order valence-corrected chi connectivity index (χ1v) is 6.48. The van der Waals surface area contributed by atoms with Crippen LogP contribution in [0.2, 0.25) is 0 Å². The Morgan fingerprint density at radius 3 is 2.80 bits per heavy atom. The van der Waals surface area contributed by atoms with Crippen molar-refractivity contribution in [3.63, 3.8) is 0 Å². The molecule has 0 spiro atoms. The SMILES string of the molecule is COC(=O)c1ccc2c(c1)CN(c1cncnc1)CC2. The number of fused-ring (bicyclic) bond motifs is 1. The lowest BCUT2D eigenvalue weighted by Crippen LogP contribution is -2.30. The van der Waals surface area contributed by atoms with Gasteiger partial charge in [0.2, 0.25) is 0 Å². The second-order valence-electron chi connectivity index (χ2n) is 4.74. The van der Waals surface area contributed by atoms with E-state index in [-0.39, 0.29) is 5.97 Å². The molecule has 1 aromatic heterocycles. The zero-order valence-electron chi connectivity index (χ0n) is 11.2. The van der Waals surface area contributed by atoms with Crippen molar-refractivity contribution in [3.05, 3.63) is 53.6 Å². The molecule has 0 N–H and O–H groups in total. The van der Waals surface area contributed by atoms with E-state index in [0.29, 0.717) is 5.56 Å². The number of nitrogens with zero attached hydrogens (tertiary/aromatic N) is 3. The highest BCUT2D eigenvalue weighted by molar-refractivity contribution is 5.89. The first kappa shape index (κ1) is 12.6. The molecule has 2 heterocycles. The molecule has 0 aliphatic carbocycles. The summed E-state index contributed by atoms with van der Waals surface area (Å²) in [6, 6.07) is 5.75. The minimum absolute atomic E-state index is 0.298. The van der Waals surface area contributed by atoms with E-state index in [1.165, 1.54) is 19.0 Å². The third-order valence-corrected chi connectivity index (χ3v) is 3.55. The third kappa shape index (κ3) is 2.34. The van der Waals surface area contributed by atoms with Gasteiger partial charge >= 0.3 is 5.97 Å². The van der Waals surface area contributed by atoms with Gasteiger partial charge in [0, 0.05) is 13.1 Å². The molecular weight excluding hydrogens is 254 g/mol. The summed E-state index contributed by atoms with van der Waals surface area (Å²) in [6.45, 7) is 1.69. The van der Waals surface area contributed by atoms with Crippen molar-refractivity contribution in [1.29, 1.82) is 0 Å². The van der Waals surface area contributed by atoms with Crippen LogP contribution in [0.1, 0.15) is 21.5 Å². The van der Waals surface area contributed by atoms with Gasteiger partial charge in [-0.2, -0.15) is 0 Å². The number of hydrogen-bond donors (Lipinski definition) is 0. The van der Waals surface area contributed by atoms with Gasteiger partial charge in [0.25, 0.3) is 0 Å². The monoisotopic (exact) mass is 269 g/mol. The van der Waals surface area contributed by atoms with Crippen molar-refractivity contribution < 1.29 is 9.53 Å². The highest BCUT2D eigenvalue weighted by Gasteiger charge is 2.18. The second-order valence-corrected chi connectivity index (χ2v) is 4.74. The van der Waals surface area contributed by atoms with E-state index >= 15 is 0 Å². The Morgan fingerprint density at radius 1 is 1.25 bits per heavy atom. The predicted molar refractivity (Wildman–Crippen MR) is 74.6 cm³/mol. The number of aromatic nitrogens is 2. The van der Waals surface area contributed by atoms with E-state index in [0.717, 1.165) is 30.8 Å². The molecular formula is C15H15N3O2. The van der Waals surface area contributed by atoms with Gasteiger partial charge in [0.05, 0.1) is 30.8 Å². The van der Waals surface area contributed by atoms with E-state index < -0.39 is 0 Å². The Hall–Kier alpha value is -2.43. The lowest BCUT2D eigenvalue weighted by atomic mass is 9.97. The molecule has 0 unspecified atom stereocenters. The molecule has 0 bridgehead atoms. The van der Waals surface area contributed by atoms with E-state index in [2.05, 4.69) is 14.9 Å². The van der Waals surface area contributed by atoms with Gasteiger partial charge in [0.15, 0.2) is 0 Å². The van der Waals surface area contributed by atoms with Crippen LogP contribution >= 0.6 is 0 Å². The van der Waals surface area contributed by atoms with Gasteiger partial charge in [-0.05, 0) is 29.7 Å². The molecule has 0 saturated carbocycles. The summed E-state index contributed by atoms with van der Waals surface area (Å²) in [5.41, 5.74) is 4.03. The van der Waals surface area contributed by atoms with Gasteiger partial charge < -0.3 is 9.64 Å². The maximum atomic E-state index is 11.6. The molecule has 0 radical (unpaired) electrons. The largest absolute Gasteiger partial charge is 0.465 e. The smallest absolute Gasteiger partial charge is 0.337 e. The maximum Gasteiger partial charge on any atom is 0.337 e. The first-order chi connectivity index (χ1) is 9.78. The van der Waals surface area contributed by atoms with Gasteiger partial charge in [-0.15, -0.1) is 0 Å². The van der Waals surface area contributed by atoms with Crippen molar-refractivity contribution in [1.82, 2.24) is 9.97 Å². The lowest BCUT2D eigenvalue weighted by molar-refractivity contribution is 0.0600. The van der Waals surface area contributed by atoms with E-state index in [4.69, 9.17) is 4.74 Å². The number of carbonyl (C=O) groups is 1. The molecule has 1 aliphatic rings. The standard InChI is InChI=1S/C15H15N3O2/c1-20-15(19)12-3-2-11-4-5-18(9-13(11)6-12)14-7-16-10-17-8-14/h2-3,6-8,10H,4-5,9H2,1H3. The summed E-state index contributed by atoms with van der Waals surface area (Å²) in [4.78, 5) is 21.9. The van der Waals surface area contributed by atoms with Crippen LogP contribution < -0.4 is 4.90 Å². The Labute approximate surface area is 117 Å². The fourth-order valence-electron chi connectivity index (χ4n) is 2.48. The zero-order valence-corrected chi connectivity index (χ0v) is 11.2. The summed E-state index contributed by atoms with van der Waals surface area (Å²) in [5.74, 6) is -0.298. The van der Waals surface area contributed by atoms with Crippen LogP contribution in [0.3, 0.4) is 0 Å². The summed E-state index contributed by atoms with van der Waals surface area (Å²) >= 11 is 0. The van der Waals surface area contributed by atoms with Crippen LogP contribution in [0.4, 0.5) is 5.69 Å². The minimum Gasteiger partial charge on any atom is -0.465 e.